The van der Waals surface area contributed by atoms with Crippen LogP contribution in [0.25, 0.3) is 20.2 Å². The number of hydrogen-bond acceptors (Lipinski definition) is 5. The third kappa shape index (κ3) is 3.33. The Labute approximate surface area is 136 Å². The molecule has 0 radical (unpaired) electrons. The van der Waals surface area contributed by atoms with Gasteiger partial charge in [0.1, 0.15) is 5.75 Å². The number of hydrogen-bond donors (Lipinski definition) is 2. The maximum absolute atomic E-state index is 12.6. The lowest BCUT2D eigenvalue weighted by Crippen LogP contribution is -2.32. The molecule has 5 nitrogen and oxygen atoms in total. The molecule has 0 aliphatic carbocycles. The van der Waals surface area contributed by atoms with E-state index in [0.29, 0.717) is 29.6 Å². The highest BCUT2D eigenvalue weighted by molar-refractivity contribution is 7.24. The van der Waals surface area contributed by atoms with Gasteiger partial charge in [-0.3, -0.25) is 9.59 Å². The highest BCUT2D eigenvalue weighted by Gasteiger charge is 2.08. The predicted octanol–water partition coefficient (Wildman–Crippen LogP) is 1.87. The number of ether oxygens (including phenoxy) is 1. The van der Waals surface area contributed by atoms with Crippen molar-refractivity contribution < 1.29 is 9.53 Å². The van der Waals surface area contributed by atoms with E-state index in [0.717, 1.165) is 9.40 Å². The first kappa shape index (κ1) is 15.5. The number of carbonyl (C=O) groups is 1. The van der Waals surface area contributed by atoms with E-state index in [1.165, 1.54) is 0 Å². The molecule has 3 rings (SSSR count). The minimum Gasteiger partial charge on any atom is -0.484 e. The zero-order chi connectivity index (χ0) is 16.2. The van der Waals surface area contributed by atoms with Gasteiger partial charge in [-0.1, -0.05) is 12.1 Å². The molecule has 6 heteroatoms. The van der Waals surface area contributed by atoms with Crippen LogP contribution in [0.1, 0.15) is 0 Å². The first-order chi connectivity index (χ1) is 11.2. The second kappa shape index (κ2) is 6.76. The number of carbonyl (C=O) groups excluding carboxylic acids is 1. The van der Waals surface area contributed by atoms with Crippen molar-refractivity contribution in [2.75, 3.05) is 19.7 Å². The zero-order valence-electron chi connectivity index (χ0n) is 12.4. The van der Waals surface area contributed by atoms with Gasteiger partial charge >= 0.3 is 0 Å². The molecule has 0 saturated carbocycles. The van der Waals surface area contributed by atoms with Crippen molar-refractivity contribution in [1.82, 2.24) is 5.32 Å². The highest BCUT2D eigenvalue weighted by Crippen LogP contribution is 2.27. The molecule has 0 unspecified atom stereocenters. The van der Waals surface area contributed by atoms with Crippen LogP contribution in [-0.2, 0) is 4.79 Å². The Balaban J connectivity index is 1.89. The van der Waals surface area contributed by atoms with Gasteiger partial charge in [0.15, 0.2) is 12.0 Å². The van der Waals surface area contributed by atoms with Crippen LogP contribution in [0.2, 0.25) is 0 Å². The highest BCUT2D eigenvalue weighted by atomic mass is 32.1. The van der Waals surface area contributed by atoms with E-state index >= 15 is 0 Å². The van der Waals surface area contributed by atoms with Gasteiger partial charge in [-0.15, -0.1) is 11.3 Å². The summed E-state index contributed by atoms with van der Waals surface area (Å²) in [5.74, 6) is 0.263. The SMILES string of the molecule is NCCNC(=O)COc1ccc2sc3ccccc3c(=O)c2c1. The van der Waals surface area contributed by atoms with E-state index < -0.39 is 0 Å². The number of nitrogens with two attached hydrogens (primary N) is 1. The molecule has 0 saturated heterocycles. The van der Waals surface area contributed by atoms with Crippen molar-refractivity contribution in [2.45, 2.75) is 0 Å². The van der Waals surface area contributed by atoms with Crippen LogP contribution in [-0.4, -0.2) is 25.6 Å². The van der Waals surface area contributed by atoms with E-state index in [2.05, 4.69) is 5.32 Å². The van der Waals surface area contributed by atoms with Gasteiger partial charge < -0.3 is 15.8 Å². The van der Waals surface area contributed by atoms with Crippen molar-refractivity contribution in [2.24, 2.45) is 5.73 Å². The Hall–Kier alpha value is -2.44. The summed E-state index contributed by atoms with van der Waals surface area (Å²) in [6.07, 6.45) is 0. The van der Waals surface area contributed by atoms with Crippen LogP contribution in [0.3, 0.4) is 0 Å². The Morgan fingerprint density at radius 3 is 2.74 bits per heavy atom. The molecule has 0 atom stereocenters. The maximum atomic E-state index is 12.6. The first-order valence-electron chi connectivity index (χ1n) is 7.24. The van der Waals surface area contributed by atoms with Crippen molar-refractivity contribution >= 4 is 37.4 Å². The van der Waals surface area contributed by atoms with Gasteiger partial charge in [-0.2, -0.15) is 0 Å². The monoisotopic (exact) mass is 328 g/mol. The Bertz CT molecular complexity index is 920. The van der Waals surface area contributed by atoms with Gasteiger partial charge in [0, 0.05) is 33.3 Å². The maximum Gasteiger partial charge on any atom is 0.257 e. The molecule has 0 bridgehead atoms. The molecule has 23 heavy (non-hydrogen) atoms. The molecule has 3 N–H and O–H groups in total. The normalized spacial score (nSPS) is 10.8. The second-order valence-electron chi connectivity index (χ2n) is 5.01. The number of amides is 1. The van der Waals surface area contributed by atoms with Crippen LogP contribution in [0.15, 0.2) is 47.3 Å². The fourth-order valence-corrected chi connectivity index (χ4v) is 3.34. The average molecular weight is 328 g/mol. The molecule has 1 amide bonds. The van der Waals surface area contributed by atoms with Crippen LogP contribution in [0.4, 0.5) is 0 Å². The van der Waals surface area contributed by atoms with Gasteiger partial charge in [0.25, 0.3) is 5.91 Å². The molecule has 1 aromatic heterocycles. The lowest BCUT2D eigenvalue weighted by Gasteiger charge is -2.08. The molecular formula is C17H16N2O3S. The van der Waals surface area contributed by atoms with Gasteiger partial charge in [0.05, 0.1) is 0 Å². The molecule has 0 spiro atoms. The van der Waals surface area contributed by atoms with E-state index in [1.54, 1.807) is 23.5 Å². The number of benzene rings is 2. The topological polar surface area (TPSA) is 81.4 Å². The summed E-state index contributed by atoms with van der Waals surface area (Å²) in [4.78, 5) is 24.1. The van der Waals surface area contributed by atoms with E-state index in [9.17, 15) is 9.59 Å². The molecular weight excluding hydrogens is 312 g/mol. The fourth-order valence-electron chi connectivity index (χ4n) is 2.28. The summed E-state index contributed by atoms with van der Waals surface area (Å²) in [7, 11) is 0. The van der Waals surface area contributed by atoms with Crippen LogP contribution >= 0.6 is 11.3 Å². The third-order valence-corrected chi connectivity index (χ3v) is 4.54. The number of fused-ring (bicyclic) bond motifs is 2. The lowest BCUT2D eigenvalue weighted by molar-refractivity contribution is -0.123. The molecule has 0 aliphatic heterocycles. The standard InChI is InChI=1S/C17H16N2O3S/c18-7-8-19-16(20)10-22-11-5-6-15-13(9-11)17(21)12-3-1-2-4-14(12)23-15/h1-6,9H,7-8,10,18H2,(H,19,20). The van der Waals surface area contributed by atoms with E-state index in [4.69, 9.17) is 10.5 Å². The van der Waals surface area contributed by atoms with Crippen molar-refractivity contribution in [3.05, 3.63) is 52.7 Å². The van der Waals surface area contributed by atoms with E-state index in [-0.39, 0.29) is 17.9 Å². The quantitative estimate of drug-likeness (QED) is 0.701. The van der Waals surface area contributed by atoms with Gasteiger partial charge in [-0.05, 0) is 30.3 Å². The second-order valence-corrected chi connectivity index (χ2v) is 6.10. The molecule has 3 aromatic rings. The molecule has 2 aromatic carbocycles. The summed E-state index contributed by atoms with van der Waals surface area (Å²) in [5.41, 5.74) is 5.30. The summed E-state index contributed by atoms with van der Waals surface area (Å²) < 4.78 is 7.31. The minimum absolute atomic E-state index is 0.0209. The van der Waals surface area contributed by atoms with Crippen LogP contribution in [0, 0.1) is 0 Å². The first-order valence-corrected chi connectivity index (χ1v) is 8.06. The molecule has 0 fully saturated rings. The average Bonchev–Trinajstić information content (AvgIpc) is 2.58. The van der Waals surface area contributed by atoms with Crippen molar-refractivity contribution in [3.63, 3.8) is 0 Å². The lowest BCUT2D eigenvalue weighted by atomic mass is 10.2. The smallest absolute Gasteiger partial charge is 0.257 e. The Morgan fingerprint density at radius 1 is 1.13 bits per heavy atom. The van der Waals surface area contributed by atoms with E-state index in [1.807, 2.05) is 30.3 Å². The Kier molecular flexibility index (Phi) is 4.55. The predicted molar refractivity (Wildman–Crippen MR) is 93.2 cm³/mol. The number of rotatable bonds is 5. The van der Waals surface area contributed by atoms with Crippen molar-refractivity contribution in [3.8, 4) is 5.75 Å². The Morgan fingerprint density at radius 2 is 1.91 bits per heavy atom. The molecule has 0 aliphatic rings. The van der Waals surface area contributed by atoms with Gasteiger partial charge in [0.2, 0.25) is 0 Å². The molecule has 118 valence electrons. The third-order valence-electron chi connectivity index (χ3n) is 3.38. The summed E-state index contributed by atoms with van der Waals surface area (Å²) >= 11 is 1.56. The summed E-state index contributed by atoms with van der Waals surface area (Å²) in [6, 6.07) is 12.8. The fraction of sp³-hybridized carbons (Fsp3) is 0.176. The zero-order valence-corrected chi connectivity index (χ0v) is 13.2. The largest absolute Gasteiger partial charge is 0.484 e. The van der Waals surface area contributed by atoms with Crippen molar-refractivity contribution in [1.29, 1.82) is 0 Å². The number of nitrogens with one attached hydrogen (secondary N) is 1. The molecule has 1 heterocycles. The van der Waals surface area contributed by atoms with Crippen LogP contribution in [0.5, 0.6) is 5.75 Å². The summed E-state index contributed by atoms with van der Waals surface area (Å²) in [5, 5.41) is 3.93. The summed E-state index contributed by atoms with van der Waals surface area (Å²) in [6.45, 7) is 0.699. The van der Waals surface area contributed by atoms with Crippen LogP contribution < -0.4 is 21.2 Å². The van der Waals surface area contributed by atoms with Gasteiger partial charge in [-0.25, -0.2) is 0 Å². The minimum atomic E-state index is -0.237.